The number of benzene rings is 1. The van der Waals surface area contributed by atoms with Gasteiger partial charge in [-0.05, 0) is 49.4 Å². The molecule has 2 saturated carbocycles. The predicted molar refractivity (Wildman–Crippen MR) is 118 cm³/mol. The van der Waals surface area contributed by atoms with Crippen molar-refractivity contribution in [3.8, 4) is 5.75 Å². The molecule has 0 aromatic heterocycles. The Morgan fingerprint density at radius 2 is 1.65 bits per heavy atom. The van der Waals surface area contributed by atoms with Gasteiger partial charge >= 0.3 is 12.1 Å². The summed E-state index contributed by atoms with van der Waals surface area (Å²) in [7, 11) is 1.63. The second kappa shape index (κ2) is 10.4. The summed E-state index contributed by atoms with van der Waals surface area (Å²) in [6, 6.07) is 7.38. The maximum absolute atomic E-state index is 12.9. The second-order valence-corrected chi connectivity index (χ2v) is 9.26. The van der Waals surface area contributed by atoms with Gasteiger partial charge in [-0.1, -0.05) is 51.4 Å². The highest BCUT2D eigenvalue weighted by Gasteiger charge is 2.44. The number of carbonyl (C=O) groups excluding carboxylic acids is 2. The fourth-order valence-corrected chi connectivity index (χ4v) is 5.39. The molecule has 0 radical (unpaired) electrons. The van der Waals surface area contributed by atoms with E-state index in [1.807, 2.05) is 24.3 Å². The van der Waals surface area contributed by atoms with Crippen molar-refractivity contribution >= 4 is 17.7 Å². The highest BCUT2D eigenvalue weighted by atomic mass is 16.6. The molecule has 1 aromatic rings. The van der Waals surface area contributed by atoms with Gasteiger partial charge in [0.1, 0.15) is 12.4 Å². The van der Waals surface area contributed by atoms with Crippen molar-refractivity contribution in [2.24, 2.45) is 11.8 Å². The summed E-state index contributed by atoms with van der Waals surface area (Å²) in [6.07, 6.45) is 11.5. The van der Waals surface area contributed by atoms with Crippen molar-refractivity contribution in [1.29, 1.82) is 0 Å². The number of anilines is 1. The zero-order valence-corrected chi connectivity index (χ0v) is 18.6. The molecule has 0 unspecified atom stereocenters. The van der Waals surface area contributed by atoms with Gasteiger partial charge in [0, 0.05) is 5.69 Å². The SMILES string of the molecule is COc1ccc(N2C(=O)O[C@H](COC(=O)C3CCCCC3)[C@H]2CC2CCCCC2)cc1. The summed E-state index contributed by atoms with van der Waals surface area (Å²) >= 11 is 0. The number of rotatable bonds is 7. The highest BCUT2D eigenvalue weighted by molar-refractivity contribution is 5.90. The van der Waals surface area contributed by atoms with Crippen LogP contribution in [-0.2, 0) is 14.3 Å². The highest BCUT2D eigenvalue weighted by Crippen LogP contribution is 2.36. The Morgan fingerprint density at radius 3 is 2.29 bits per heavy atom. The van der Waals surface area contributed by atoms with E-state index in [2.05, 4.69) is 0 Å². The Balaban J connectivity index is 1.47. The normalized spacial score (nSPS) is 25.3. The molecule has 6 nitrogen and oxygen atoms in total. The van der Waals surface area contributed by atoms with Crippen LogP contribution in [0.25, 0.3) is 0 Å². The molecule has 4 rings (SSSR count). The largest absolute Gasteiger partial charge is 0.497 e. The van der Waals surface area contributed by atoms with Crippen LogP contribution >= 0.6 is 0 Å². The summed E-state index contributed by atoms with van der Waals surface area (Å²) in [5, 5.41) is 0. The minimum absolute atomic E-state index is 0.000315. The number of carbonyl (C=O) groups is 2. The van der Waals surface area contributed by atoms with Gasteiger partial charge in [-0.15, -0.1) is 0 Å². The van der Waals surface area contributed by atoms with Crippen molar-refractivity contribution in [2.45, 2.75) is 82.8 Å². The molecule has 6 heteroatoms. The number of hydrogen-bond acceptors (Lipinski definition) is 5. The molecule has 1 amide bonds. The van der Waals surface area contributed by atoms with Gasteiger partial charge in [0.25, 0.3) is 0 Å². The van der Waals surface area contributed by atoms with Crippen molar-refractivity contribution in [2.75, 3.05) is 18.6 Å². The Labute approximate surface area is 185 Å². The van der Waals surface area contributed by atoms with Crippen molar-refractivity contribution in [3.05, 3.63) is 24.3 Å². The minimum atomic E-state index is -0.427. The van der Waals surface area contributed by atoms with E-state index in [1.54, 1.807) is 12.0 Å². The van der Waals surface area contributed by atoms with E-state index in [1.165, 1.54) is 38.5 Å². The number of hydrogen-bond donors (Lipinski definition) is 0. The fraction of sp³-hybridized carbons (Fsp3) is 0.680. The molecule has 31 heavy (non-hydrogen) atoms. The molecule has 1 aliphatic heterocycles. The van der Waals surface area contributed by atoms with Gasteiger partial charge in [0.2, 0.25) is 0 Å². The van der Waals surface area contributed by atoms with E-state index in [0.29, 0.717) is 5.92 Å². The second-order valence-electron chi connectivity index (χ2n) is 9.26. The maximum Gasteiger partial charge on any atom is 0.415 e. The average molecular weight is 430 g/mol. The van der Waals surface area contributed by atoms with Gasteiger partial charge < -0.3 is 14.2 Å². The number of ether oxygens (including phenoxy) is 3. The van der Waals surface area contributed by atoms with Crippen molar-refractivity contribution < 1.29 is 23.8 Å². The third-order valence-corrected chi connectivity index (χ3v) is 7.19. The third-order valence-electron chi connectivity index (χ3n) is 7.19. The number of nitrogens with zero attached hydrogens (tertiary/aromatic N) is 1. The zero-order valence-electron chi connectivity index (χ0n) is 18.6. The monoisotopic (exact) mass is 429 g/mol. The quantitative estimate of drug-likeness (QED) is 0.537. The lowest BCUT2D eigenvalue weighted by atomic mass is 9.83. The average Bonchev–Trinajstić information content (AvgIpc) is 3.13. The minimum Gasteiger partial charge on any atom is -0.497 e. The van der Waals surface area contributed by atoms with E-state index in [-0.39, 0.29) is 30.6 Å². The molecule has 3 aliphatic rings. The Morgan fingerprint density at radius 1 is 1.00 bits per heavy atom. The van der Waals surface area contributed by atoms with Crippen LogP contribution in [0.15, 0.2) is 24.3 Å². The van der Waals surface area contributed by atoms with Gasteiger partial charge in [-0.25, -0.2) is 4.79 Å². The summed E-state index contributed by atoms with van der Waals surface area (Å²) in [6.45, 7) is 0.144. The number of methoxy groups -OCH3 is 1. The molecule has 1 heterocycles. The molecule has 2 aliphatic carbocycles. The molecule has 0 bridgehead atoms. The molecular weight excluding hydrogens is 394 g/mol. The van der Waals surface area contributed by atoms with Crippen molar-refractivity contribution in [1.82, 2.24) is 0 Å². The lowest BCUT2D eigenvalue weighted by molar-refractivity contribution is -0.152. The molecule has 2 atom stereocenters. The molecule has 0 N–H and O–H groups in total. The first-order valence-electron chi connectivity index (χ1n) is 12.0. The smallest absolute Gasteiger partial charge is 0.415 e. The number of amides is 1. The van der Waals surface area contributed by atoms with E-state index in [9.17, 15) is 9.59 Å². The summed E-state index contributed by atoms with van der Waals surface area (Å²) in [4.78, 5) is 27.2. The number of esters is 1. The van der Waals surface area contributed by atoms with Gasteiger partial charge in [0.15, 0.2) is 6.10 Å². The van der Waals surface area contributed by atoms with Crippen LogP contribution in [-0.4, -0.2) is 37.9 Å². The number of cyclic esters (lactones) is 1. The van der Waals surface area contributed by atoms with Crippen LogP contribution < -0.4 is 9.64 Å². The van der Waals surface area contributed by atoms with Gasteiger partial charge in [-0.2, -0.15) is 0 Å². The predicted octanol–water partition coefficient (Wildman–Crippen LogP) is 5.48. The Bertz CT molecular complexity index is 737. The zero-order chi connectivity index (χ0) is 21.6. The standard InChI is InChI=1S/C25H35NO5/c1-29-21-14-12-20(13-15-21)26-22(16-18-8-4-2-5-9-18)23(31-25(26)28)17-30-24(27)19-10-6-3-7-11-19/h12-15,18-19,22-23H,2-11,16-17H2,1H3/t22-,23-/m1/s1. The van der Waals surface area contributed by atoms with E-state index >= 15 is 0 Å². The Hall–Kier alpha value is -2.24. The summed E-state index contributed by atoms with van der Waals surface area (Å²) in [5.74, 6) is 1.19. The van der Waals surface area contributed by atoms with Crippen LogP contribution in [0.5, 0.6) is 5.75 Å². The topological polar surface area (TPSA) is 65.1 Å². The fourth-order valence-electron chi connectivity index (χ4n) is 5.39. The van der Waals surface area contributed by atoms with Crippen LogP contribution in [0.2, 0.25) is 0 Å². The van der Waals surface area contributed by atoms with Crippen molar-refractivity contribution in [3.63, 3.8) is 0 Å². The van der Waals surface area contributed by atoms with Crippen LogP contribution in [0.3, 0.4) is 0 Å². The lowest BCUT2D eigenvalue weighted by Crippen LogP contribution is -2.41. The summed E-state index contributed by atoms with van der Waals surface area (Å²) < 4.78 is 16.7. The van der Waals surface area contributed by atoms with E-state index < -0.39 is 6.10 Å². The van der Waals surface area contributed by atoms with E-state index in [4.69, 9.17) is 14.2 Å². The summed E-state index contributed by atoms with van der Waals surface area (Å²) in [5.41, 5.74) is 0.799. The molecule has 0 spiro atoms. The third kappa shape index (κ3) is 5.34. The lowest BCUT2D eigenvalue weighted by Gasteiger charge is -2.30. The van der Waals surface area contributed by atoms with Crippen LogP contribution in [0.1, 0.15) is 70.6 Å². The molecule has 1 aromatic carbocycles. The molecule has 3 fully saturated rings. The first-order chi connectivity index (χ1) is 15.2. The Kier molecular flexibility index (Phi) is 7.36. The van der Waals surface area contributed by atoms with Crippen LogP contribution in [0, 0.1) is 11.8 Å². The van der Waals surface area contributed by atoms with Crippen LogP contribution in [0.4, 0.5) is 10.5 Å². The van der Waals surface area contributed by atoms with Gasteiger partial charge in [0.05, 0.1) is 19.1 Å². The first kappa shape index (κ1) is 22.0. The van der Waals surface area contributed by atoms with E-state index in [0.717, 1.165) is 43.5 Å². The maximum atomic E-state index is 12.9. The molecule has 170 valence electrons. The molecular formula is C25H35NO5. The van der Waals surface area contributed by atoms with Gasteiger partial charge in [-0.3, -0.25) is 9.69 Å². The molecule has 1 saturated heterocycles. The first-order valence-corrected chi connectivity index (χ1v) is 12.0.